The van der Waals surface area contributed by atoms with Crippen LogP contribution in [-0.4, -0.2) is 94.3 Å². The zero-order chi connectivity index (χ0) is 32.2. The van der Waals surface area contributed by atoms with Gasteiger partial charge in [0.15, 0.2) is 11.9 Å². The fourth-order valence-corrected chi connectivity index (χ4v) is 4.87. The molecule has 1 saturated heterocycles. The van der Waals surface area contributed by atoms with Crippen LogP contribution in [0.2, 0.25) is 0 Å². The Morgan fingerprint density at radius 2 is 1.47 bits per heavy atom. The van der Waals surface area contributed by atoms with E-state index in [1.54, 1.807) is 24.3 Å². The van der Waals surface area contributed by atoms with Crippen LogP contribution in [-0.2, 0) is 20.7 Å². The molecule has 3 aromatic rings. The SMILES string of the molecule is Fc1ccc(C(OCCN2CCN(/C=C/Cc3ccccc3)CC2)c2ccc(F)cc2)cc1.O=C1O[C@@H]([C@@H](O)CO)C(O)=C1O. The molecule has 2 atom stereocenters. The first-order chi connectivity index (χ1) is 21.7. The smallest absolute Gasteiger partial charge is 0.377 e. The van der Waals surface area contributed by atoms with E-state index in [0.29, 0.717) is 6.61 Å². The number of rotatable bonds is 11. The third kappa shape index (κ3) is 9.85. The van der Waals surface area contributed by atoms with Crippen LogP contribution in [0.3, 0.4) is 0 Å². The number of esters is 1. The fraction of sp³-hybridized carbons (Fsp3) is 0.324. The predicted octanol–water partition coefficient (Wildman–Crippen LogP) is 4.04. The van der Waals surface area contributed by atoms with E-state index in [-0.39, 0.29) is 17.7 Å². The number of allylic oxidation sites excluding steroid dienone is 1. The van der Waals surface area contributed by atoms with Crippen molar-refractivity contribution in [1.82, 2.24) is 9.80 Å². The third-order valence-corrected chi connectivity index (χ3v) is 7.43. The summed E-state index contributed by atoms with van der Waals surface area (Å²) in [6.45, 7) is 4.64. The van der Waals surface area contributed by atoms with E-state index in [1.165, 1.54) is 29.8 Å². The standard InChI is InChI=1S/C28H30F2N2O.C6H8O6/c29-26-12-8-24(9-13-26)28(25-10-14-27(30)15-11-25)33-22-21-32-19-17-31(18-20-32)16-4-7-23-5-2-1-3-6-23;7-1-2(8)5-3(9)4(10)6(11)12-5/h1-6,8-16,28H,7,17-22H2;2,5,7-10H,1H2/b16-4+;/t;2-,5-/m.0/s1. The van der Waals surface area contributed by atoms with Gasteiger partial charge >= 0.3 is 5.97 Å². The van der Waals surface area contributed by atoms with Crippen molar-refractivity contribution >= 4 is 5.97 Å². The molecule has 240 valence electrons. The lowest BCUT2D eigenvalue weighted by molar-refractivity contribution is -0.147. The molecule has 0 bridgehead atoms. The van der Waals surface area contributed by atoms with Crippen LogP contribution in [0, 0.1) is 11.6 Å². The van der Waals surface area contributed by atoms with Crippen LogP contribution < -0.4 is 0 Å². The van der Waals surface area contributed by atoms with Crippen LogP contribution in [0.5, 0.6) is 0 Å². The number of hydrogen-bond acceptors (Lipinski definition) is 9. The van der Waals surface area contributed by atoms with Crippen molar-refractivity contribution in [2.45, 2.75) is 24.7 Å². The van der Waals surface area contributed by atoms with Crippen LogP contribution in [0.4, 0.5) is 8.78 Å². The van der Waals surface area contributed by atoms with Crippen molar-refractivity contribution in [2.24, 2.45) is 0 Å². The van der Waals surface area contributed by atoms with E-state index in [2.05, 4.69) is 51.1 Å². The molecule has 5 rings (SSSR count). The van der Waals surface area contributed by atoms with E-state index in [4.69, 9.17) is 25.2 Å². The number of aliphatic hydroxyl groups excluding tert-OH is 4. The summed E-state index contributed by atoms with van der Waals surface area (Å²) in [6.07, 6.45) is 2.25. The number of cyclic esters (lactones) is 1. The molecule has 0 aliphatic carbocycles. The van der Waals surface area contributed by atoms with Gasteiger partial charge in [-0.15, -0.1) is 0 Å². The van der Waals surface area contributed by atoms with Gasteiger partial charge in [-0.2, -0.15) is 0 Å². The molecule has 0 unspecified atom stereocenters. The van der Waals surface area contributed by atoms with Crippen molar-refractivity contribution in [1.29, 1.82) is 0 Å². The van der Waals surface area contributed by atoms with Gasteiger partial charge in [0.1, 0.15) is 23.8 Å². The summed E-state index contributed by atoms with van der Waals surface area (Å²) in [6, 6.07) is 23.1. The predicted molar refractivity (Wildman–Crippen MR) is 163 cm³/mol. The first-order valence-electron chi connectivity index (χ1n) is 14.7. The molecule has 1 fully saturated rings. The Bertz CT molecular complexity index is 1370. The number of benzene rings is 3. The summed E-state index contributed by atoms with van der Waals surface area (Å²) in [5.41, 5.74) is 3.04. The molecule has 11 heteroatoms. The Balaban J connectivity index is 0.000000323. The third-order valence-electron chi connectivity index (χ3n) is 7.43. The Hall–Kier alpha value is -4.29. The molecule has 2 heterocycles. The molecule has 0 spiro atoms. The fourth-order valence-electron chi connectivity index (χ4n) is 4.87. The van der Waals surface area contributed by atoms with E-state index in [9.17, 15) is 13.6 Å². The zero-order valence-corrected chi connectivity index (χ0v) is 24.7. The van der Waals surface area contributed by atoms with Crippen LogP contribution in [0.1, 0.15) is 22.8 Å². The molecule has 2 aliphatic heterocycles. The normalized spacial score (nSPS) is 17.8. The van der Waals surface area contributed by atoms with Gasteiger partial charge in [0.2, 0.25) is 5.76 Å². The van der Waals surface area contributed by atoms with Gasteiger partial charge in [-0.25, -0.2) is 13.6 Å². The number of aliphatic hydroxyl groups is 4. The van der Waals surface area contributed by atoms with Gasteiger partial charge in [0.25, 0.3) is 0 Å². The number of piperazine rings is 1. The van der Waals surface area contributed by atoms with Crippen LogP contribution >= 0.6 is 0 Å². The maximum absolute atomic E-state index is 13.4. The monoisotopic (exact) mass is 624 g/mol. The second-order valence-electron chi connectivity index (χ2n) is 10.6. The number of carbonyl (C=O) groups excluding carboxylic acids is 1. The van der Waals surface area contributed by atoms with E-state index in [0.717, 1.165) is 50.3 Å². The van der Waals surface area contributed by atoms with Crippen molar-refractivity contribution in [3.05, 3.63) is 131 Å². The highest BCUT2D eigenvalue weighted by molar-refractivity contribution is 5.89. The first kappa shape index (κ1) is 33.6. The molecule has 0 amide bonds. The molecular formula is C34H38F2N2O7. The topological polar surface area (TPSA) is 123 Å². The Kier molecular flexibility index (Phi) is 12.5. The van der Waals surface area contributed by atoms with Crippen molar-refractivity contribution in [2.75, 3.05) is 45.9 Å². The van der Waals surface area contributed by atoms with Gasteiger partial charge in [-0.1, -0.05) is 60.7 Å². The number of ether oxygens (including phenoxy) is 2. The maximum Gasteiger partial charge on any atom is 0.377 e. The molecule has 0 saturated carbocycles. The van der Waals surface area contributed by atoms with Gasteiger partial charge in [0, 0.05) is 32.7 Å². The Labute approximate surface area is 260 Å². The number of nitrogens with zero attached hydrogens (tertiary/aromatic N) is 2. The largest absolute Gasteiger partial charge is 0.505 e. The lowest BCUT2D eigenvalue weighted by atomic mass is 10.0. The second kappa shape index (κ2) is 16.7. The maximum atomic E-state index is 13.4. The summed E-state index contributed by atoms with van der Waals surface area (Å²) in [5.74, 6) is -3.35. The van der Waals surface area contributed by atoms with Crippen molar-refractivity contribution < 1.29 is 43.5 Å². The summed E-state index contributed by atoms with van der Waals surface area (Å²) in [4.78, 5) is 15.3. The average Bonchev–Trinajstić information content (AvgIpc) is 3.32. The molecular weight excluding hydrogens is 586 g/mol. The van der Waals surface area contributed by atoms with Gasteiger partial charge in [-0.3, -0.25) is 4.90 Å². The van der Waals surface area contributed by atoms with Gasteiger partial charge < -0.3 is 34.8 Å². The summed E-state index contributed by atoms with van der Waals surface area (Å²) >= 11 is 0. The molecule has 2 aliphatic rings. The minimum Gasteiger partial charge on any atom is -0.505 e. The van der Waals surface area contributed by atoms with E-state index < -0.39 is 36.3 Å². The lowest BCUT2D eigenvalue weighted by Crippen LogP contribution is -2.45. The molecule has 3 aromatic carbocycles. The second-order valence-corrected chi connectivity index (χ2v) is 10.6. The van der Waals surface area contributed by atoms with E-state index in [1.807, 2.05) is 6.07 Å². The highest BCUT2D eigenvalue weighted by Crippen LogP contribution is 2.27. The minimum absolute atomic E-state index is 0.285. The van der Waals surface area contributed by atoms with Crippen LogP contribution in [0.25, 0.3) is 0 Å². The number of halogens is 2. The summed E-state index contributed by atoms with van der Waals surface area (Å²) < 4.78 is 37.3. The Morgan fingerprint density at radius 3 is 1.98 bits per heavy atom. The van der Waals surface area contributed by atoms with Gasteiger partial charge in [-0.05, 0) is 53.6 Å². The molecule has 4 N–H and O–H groups in total. The minimum atomic E-state index is -1.42. The highest BCUT2D eigenvalue weighted by Gasteiger charge is 2.38. The first-order valence-corrected chi connectivity index (χ1v) is 14.7. The van der Waals surface area contributed by atoms with Crippen molar-refractivity contribution in [3.63, 3.8) is 0 Å². The summed E-state index contributed by atoms with van der Waals surface area (Å²) in [7, 11) is 0. The summed E-state index contributed by atoms with van der Waals surface area (Å²) in [5, 5.41) is 35.0. The zero-order valence-electron chi connectivity index (χ0n) is 24.7. The molecule has 45 heavy (non-hydrogen) atoms. The molecule has 9 nitrogen and oxygen atoms in total. The van der Waals surface area contributed by atoms with Gasteiger partial charge in [0.05, 0.1) is 13.2 Å². The highest BCUT2D eigenvalue weighted by atomic mass is 19.1. The lowest BCUT2D eigenvalue weighted by Gasteiger charge is -2.34. The molecule has 0 aromatic heterocycles. The number of carbonyl (C=O) groups is 1. The van der Waals surface area contributed by atoms with Crippen molar-refractivity contribution in [3.8, 4) is 0 Å². The quantitative estimate of drug-likeness (QED) is 0.234. The number of hydrogen-bond donors (Lipinski definition) is 4. The average molecular weight is 625 g/mol. The molecule has 0 radical (unpaired) electrons. The Morgan fingerprint density at radius 1 is 0.889 bits per heavy atom. The van der Waals surface area contributed by atoms with E-state index >= 15 is 0 Å². The van der Waals surface area contributed by atoms with Crippen LogP contribution in [0.15, 0.2) is 103 Å².